The van der Waals surface area contributed by atoms with Crippen LogP contribution in [0.2, 0.25) is 0 Å². The number of benzene rings is 1. The second-order valence-electron chi connectivity index (χ2n) is 13.9. The van der Waals surface area contributed by atoms with Gasteiger partial charge in [-0.15, -0.1) is 0 Å². The lowest BCUT2D eigenvalue weighted by molar-refractivity contribution is -0.144. The fraction of sp³-hybridized carbons (Fsp3) is 0.568. The average Bonchev–Trinajstić information content (AvgIpc) is 3.19. The average molecular weight is 870 g/mol. The first-order valence-electron chi connectivity index (χ1n) is 18.7. The number of methoxy groups -OCH3 is 1. The number of carboxylic acid groups (broad SMARTS) is 3. The van der Waals surface area contributed by atoms with E-state index in [9.17, 15) is 53.1 Å². The number of hydrogen-bond acceptors (Lipinski definition) is 14. The number of carboxylic acids is 3. The first kappa shape index (κ1) is 52.0. The summed E-state index contributed by atoms with van der Waals surface area (Å²) in [6.45, 7) is 3.86. The molecule has 22 nitrogen and oxygen atoms in total. The molecule has 0 aliphatic carbocycles. The Morgan fingerprint density at radius 3 is 1.98 bits per heavy atom. The molecular formula is C37H55N7O15S. The van der Waals surface area contributed by atoms with E-state index in [4.69, 9.17) is 25.4 Å². The molecule has 0 saturated heterocycles. The minimum atomic E-state index is -1.42. The summed E-state index contributed by atoms with van der Waals surface area (Å²) in [6.07, 6.45) is -2.33. The number of esters is 1. The zero-order valence-corrected chi connectivity index (χ0v) is 34.8. The van der Waals surface area contributed by atoms with Crippen molar-refractivity contribution < 1.29 is 72.7 Å². The fourth-order valence-corrected chi connectivity index (χ4v) is 6.29. The summed E-state index contributed by atoms with van der Waals surface area (Å²) in [5.41, 5.74) is 6.12. The van der Waals surface area contributed by atoms with Crippen molar-refractivity contribution in [2.75, 3.05) is 32.2 Å². The highest BCUT2D eigenvalue weighted by atomic mass is 32.2. The molecule has 3 unspecified atom stereocenters. The lowest BCUT2D eigenvalue weighted by Gasteiger charge is -2.29. The largest absolute Gasteiger partial charge is 0.480 e. The van der Waals surface area contributed by atoms with E-state index in [1.165, 1.54) is 14.0 Å². The van der Waals surface area contributed by atoms with Gasteiger partial charge in [0.15, 0.2) is 0 Å². The van der Waals surface area contributed by atoms with E-state index in [0.717, 1.165) is 23.8 Å². The molecule has 1 rings (SSSR count). The van der Waals surface area contributed by atoms with E-state index in [1.807, 2.05) is 0 Å². The molecule has 0 fully saturated rings. The number of likely N-dealkylation sites (N-methyl/N-ethyl adjacent to an activating group) is 1. The van der Waals surface area contributed by atoms with Crippen LogP contribution < -0.4 is 32.3 Å². The summed E-state index contributed by atoms with van der Waals surface area (Å²) < 4.78 is 9.94. The molecule has 334 valence electrons. The molecule has 1 aromatic carbocycles. The van der Waals surface area contributed by atoms with E-state index in [0.29, 0.717) is 5.56 Å². The van der Waals surface area contributed by atoms with Gasteiger partial charge in [-0.05, 0) is 37.7 Å². The number of nitrogens with zero attached hydrogens (tertiary/aromatic N) is 1. The predicted molar refractivity (Wildman–Crippen MR) is 213 cm³/mol. The molecule has 0 aliphatic rings. The molecule has 0 bridgehead atoms. The van der Waals surface area contributed by atoms with E-state index in [2.05, 4.69) is 26.6 Å². The van der Waals surface area contributed by atoms with Crippen molar-refractivity contribution in [3.8, 4) is 0 Å². The molecule has 6 atom stereocenters. The van der Waals surface area contributed by atoms with Crippen molar-refractivity contribution in [2.45, 2.75) is 95.7 Å². The quantitative estimate of drug-likeness (QED) is 0.0469. The summed E-state index contributed by atoms with van der Waals surface area (Å²) in [7, 11) is 2.31. The number of ether oxygens (including phenoxy) is 2. The molecule has 10 N–H and O–H groups in total. The summed E-state index contributed by atoms with van der Waals surface area (Å²) in [6, 6.07) is 0.516. The van der Waals surface area contributed by atoms with Crippen molar-refractivity contribution >= 4 is 71.3 Å². The Balaban J connectivity index is 3.26. The monoisotopic (exact) mass is 869 g/mol. The number of hydrogen-bond donors (Lipinski definition) is 9. The molecule has 0 aliphatic heterocycles. The third-order valence-corrected chi connectivity index (χ3v) is 9.62. The number of alkyl carbamates (subject to hydrolysis) is 1. The minimum Gasteiger partial charge on any atom is -0.480 e. The van der Waals surface area contributed by atoms with Crippen molar-refractivity contribution in [2.24, 2.45) is 11.7 Å². The summed E-state index contributed by atoms with van der Waals surface area (Å²) in [4.78, 5) is 126. The summed E-state index contributed by atoms with van der Waals surface area (Å²) in [5, 5.41) is 39.3. The van der Waals surface area contributed by atoms with Crippen LogP contribution >= 0.6 is 11.8 Å². The Morgan fingerprint density at radius 2 is 1.42 bits per heavy atom. The van der Waals surface area contributed by atoms with Crippen molar-refractivity contribution in [3.05, 3.63) is 35.9 Å². The van der Waals surface area contributed by atoms with Crippen LogP contribution in [0.1, 0.15) is 58.4 Å². The van der Waals surface area contributed by atoms with Gasteiger partial charge in [0, 0.05) is 31.4 Å². The fourth-order valence-electron chi connectivity index (χ4n) is 5.09. The maximum atomic E-state index is 13.8. The molecule has 0 saturated carbocycles. The maximum Gasteiger partial charge on any atom is 0.408 e. The highest BCUT2D eigenvalue weighted by molar-refractivity contribution is 7.99. The van der Waals surface area contributed by atoms with E-state index in [-0.39, 0.29) is 43.3 Å². The molecule has 6 amide bonds. The second-order valence-corrected chi connectivity index (χ2v) is 14.9. The van der Waals surface area contributed by atoms with Crippen LogP contribution in [0, 0.1) is 5.92 Å². The number of carbonyl (C=O) groups is 10. The summed E-state index contributed by atoms with van der Waals surface area (Å²) in [5.74, 6) is -9.87. The predicted octanol–water partition coefficient (Wildman–Crippen LogP) is -1.21. The van der Waals surface area contributed by atoms with Crippen LogP contribution in [0.4, 0.5) is 4.79 Å². The number of amides is 6. The third kappa shape index (κ3) is 20.1. The number of aliphatic carboxylic acids is 3. The van der Waals surface area contributed by atoms with Crippen molar-refractivity contribution in [3.63, 3.8) is 0 Å². The lowest BCUT2D eigenvalue weighted by Crippen LogP contribution is -2.56. The topological polar surface area (TPSA) is 339 Å². The molecule has 0 spiro atoms. The van der Waals surface area contributed by atoms with Gasteiger partial charge >= 0.3 is 30.0 Å². The van der Waals surface area contributed by atoms with Crippen LogP contribution in [0.15, 0.2) is 30.3 Å². The second kappa shape index (κ2) is 26.9. The number of thioether (sulfide) groups is 1. The van der Waals surface area contributed by atoms with E-state index >= 15 is 0 Å². The third-order valence-electron chi connectivity index (χ3n) is 8.50. The zero-order valence-electron chi connectivity index (χ0n) is 34.0. The molecule has 0 heterocycles. The number of rotatable bonds is 27. The first-order chi connectivity index (χ1) is 28.2. The van der Waals surface area contributed by atoms with Crippen LogP contribution in [-0.2, 0) is 59.2 Å². The highest BCUT2D eigenvalue weighted by Gasteiger charge is 2.33. The molecule has 0 radical (unpaired) electrons. The maximum absolute atomic E-state index is 13.8. The Labute approximate surface area is 350 Å². The van der Waals surface area contributed by atoms with Gasteiger partial charge in [-0.1, -0.05) is 44.2 Å². The number of nitrogens with one attached hydrogen (secondary N) is 5. The first-order valence-corrected chi connectivity index (χ1v) is 19.8. The lowest BCUT2D eigenvalue weighted by atomic mass is 10.0. The molecule has 60 heavy (non-hydrogen) atoms. The van der Waals surface area contributed by atoms with Gasteiger partial charge in [0.25, 0.3) is 0 Å². The Hall–Kier alpha value is -5.97. The normalized spacial score (nSPS) is 13.8. The van der Waals surface area contributed by atoms with Crippen LogP contribution in [0.5, 0.6) is 0 Å². The van der Waals surface area contributed by atoms with Gasteiger partial charge in [0.05, 0.1) is 7.11 Å². The van der Waals surface area contributed by atoms with Crippen LogP contribution in [0.3, 0.4) is 0 Å². The minimum absolute atomic E-state index is 0.0918. The SMILES string of the molecule is COC(=O)C(CCC(=O)N(C)[C@@H](CSCC(NC(=O)CCC(N)C(=O)O)C(=O)NCC(=O)O)C(=O)N[C@@H](C)C(=O)N[C@@H](CC(C)C)C(=O)O)NC(=O)OCc1ccccc1. The molecule has 0 aromatic heterocycles. The Bertz CT molecular complexity index is 1670. The number of carbonyl (C=O) groups excluding carboxylic acids is 7. The number of nitrogens with two attached hydrogens (primary N) is 1. The van der Waals surface area contributed by atoms with Crippen molar-refractivity contribution in [1.82, 2.24) is 31.5 Å². The smallest absolute Gasteiger partial charge is 0.408 e. The Kier molecular flexibility index (Phi) is 23.3. The Morgan fingerprint density at radius 1 is 0.767 bits per heavy atom. The standard InChI is InChI=1S/C37H55N7O15S/c1-20(2)15-25(35(54)55)42-31(49)21(3)40-33(51)27(19-60-18-26(32(50)39-16-30(47)48)41-28(45)13-11-23(38)34(52)53)44(4)29(46)14-12-24(36(56)58-5)43-37(57)59-17-22-9-7-6-8-10-22/h6-10,20-21,23-27H,11-19,38H2,1-5H3,(H,39,50)(H,40,51)(H,41,45)(H,42,49)(H,43,57)(H,47,48)(H,52,53)(H,54,55)/t21-,23?,24?,25-,26?,27-/m0/s1. The van der Waals surface area contributed by atoms with E-state index in [1.54, 1.807) is 44.2 Å². The zero-order chi connectivity index (χ0) is 45.5. The highest BCUT2D eigenvalue weighted by Crippen LogP contribution is 2.15. The van der Waals surface area contributed by atoms with Crippen LogP contribution in [0.25, 0.3) is 0 Å². The van der Waals surface area contributed by atoms with Gasteiger partial charge in [-0.3, -0.25) is 33.6 Å². The van der Waals surface area contributed by atoms with Gasteiger partial charge in [0.2, 0.25) is 29.5 Å². The molecule has 1 aromatic rings. The van der Waals surface area contributed by atoms with Gasteiger partial charge < -0.3 is 62.0 Å². The van der Waals surface area contributed by atoms with Gasteiger partial charge in [0.1, 0.15) is 49.4 Å². The molecular weight excluding hydrogens is 815 g/mol. The molecule has 23 heteroatoms. The van der Waals surface area contributed by atoms with Crippen molar-refractivity contribution in [1.29, 1.82) is 0 Å². The summed E-state index contributed by atoms with van der Waals surface area (Å²) >= 11 is 0.857. The van der Waals surface area contributed by atoms with Gasteiger partial charge in [-0.25, -0.2) is 14.4 Å². The van der Waals surface area contributed by atoms with Crippen LogP contribution in [-0.4, -0.2) is 148 Å². The van der Waals surface area contributed by atoms with E-state index < -0.39 is 115 Å². The van der Waals surface area contributed by atoms with Gasteiger partial charge in [-0.2, -0.15) is 11.8 Å².